The first kappa shape index (κ1) is 10.3. The molecule has 1 aliphatic heterocycles. The maximum atomic E-state index is 5.33. The van der Waals surface area contributed by atoms with Crippen molar-refractivity contribution >= 4 is 5.69 Å². The molecule has 0 aromatic heterocycles. The molecular weight excluding hydrogens is 186 g/mol. The third-order valence-corrected chi connectivity index (χ3v) is 3.07. The van der Waals surface area contributed by atoms with E-state index in [-0.39, 0.29) is 0 Å². The Balaban J connectivity index is 2.28. The van der Waals surface area contributed by atoms with E-state index in [9.17, 15) is 0 Å². The van der Waals surface area contributed by atoms with Crippen LogP contribution in [0.25, 0.3) is 0 Å². The standard InChI is InChI=1S/C13H19NO/c1-3-11-8-12(10-13(9-11)15-2)14-6-4-5-7-14/h8-10H,3-7H2,1-2H3. The smallest absolute Gasteiger partial charge is 0.121 e. The first-order valence-corrected chi connectivity index (χ1v) is 5.76. The topological polar surface area (TPSA) is 12.5 Å². The van der Waals surface area contributed by atoms with Crippen molar-refractivity contribution in [2.75, 3.05) is 25.1 Å². The van der Waals surface area contributed by atoms with Crippen molar-refractivity contribution in [2.24, 2.45) is 0 Å². The molecule has 1 saturated heterocycles. The van der Waals surface area contributed by atoms with E-state index in [0.29, 0.717) is 0 Å². The molecule has 1 fully saturated rings. The molecule has 0 bridgehead atoms. The number of benzene rings is 1. The molecule has 1 aromatic rings. The molecule has 2 rings (SSSR count). The van der Waals surface area contributed by atoms with Gasteiger partial charge in [0.1, 0.15) is 5.75 Å². The number of ether oxygens (including phenoxy) is 1. The lowest BCUT2D eigenvalue weighted by Crippen LogP contribution is -2.17. The number of methoxy groups -OCH3 is 1. The minimum atomic E-state index is 0.983. The van der Waals surface area contributed by atoms with Crippen LogP contribution in [-0.2, 0) is 6.42 Å². The van der Waals surface area contributed by atoms with Gasteiger partial charge in [0.05, 0.1) is 7.11 Å². The number of hydrogen-bond acceptors (Lipinski definition) is 2. The van der Waals surface area contributed by atoms with Crippen molar-refractivity contribution in [3.63, 3.8) is 0 Å². The van der Waals surface area contributed by atoms with Crippen molar-refractivity contribution < 1.29 is 4.74 Å². The van der Waals surface area contributed by atoms with Gasteiger partial charge in [0.15, 0.2) is 0 Å². The summed E-state index contributed by atoms with van der Waals surface area (Å²) in [5.41, 5.74) is 2.68. The quantitative estimate of drug-likeness (QED) is 0.752. The van der Waals surface area contributed by atoms with Crippen LogP contribution in [0.4, 0.5) is 5.69 Å². The second-order valence-electron chi connectivity index (χ2n) is 4.09. The van der Waals surface area contributed by atoms with Crippen LogP contribution in [0.5, 0.6) is 5.75 Å². The maximum absolute atomic E-state index is 5.33. The molecule has 1 aromatic carbocycles. The van der Waals surface area contributed by atoms with E-state index in [1.54, 1.807) is 7.11 Å². The van der Waals surface area contributed by atoms with E-state index in [2.05, 4.69) is 30.0 Å². The van der Waals surface area contributed by atoms with Gasteiger partial charge in [0, 0.05) is 24.8 Å². The summed E-state index contributed by atoms with van der Waals surface area (Å²) in [6.07, 6.45) is 3.70. The number of hydrogen-bond donors (Lipinski definition) is 0. The van der Waals surface area contributed by atoms with Crippen molar-refractivity contribution in [3.8, 4) is 5.75 Å². The van der Waals surface area contributed by atoms with Gasteiger partial charge < -0.3 is 9.64 Å². The van der Waals surface area contributed by atoms with Crippen molar-refractivity contribution in [1.29, 1.82) is 0 Å². The van der Waals surface area contributed by atoms with E-state index in [1.165, 1.54) is 37.2 Å². The summed E-state index contributed by atoms with van der Waals surface area (Å²) in [6.45, 7) is 4.56. The molecule has 2 heteroatoms. The number of nitrogens with zero attached hydrogens (tertiary/aromatic N) is 1. The molecule has 0 amide bonds. The van der Waals surface area contributed by atoms with Gasteiger partial charge in [-0.1, -0.05) is 6.92 Å². The Morgan fingerprint density at radius 2 is 1.93 bits per heavy atom. The van der Waals surface area contributed by atoms with Gasteiger partial charge in [-0.15, -0.1) is 0 Å². The lowest BCUT2D eigenvalue weighted by molar-refractivity contribution is 0.414. The predicted octanol–water partition coefficient (Wildman–Crippen LogP) is 2.86. The molecule has 0 radical (unpaired) electrons. The average Bonchev–Trinajstić information content (AvgIpc) is 2.81. The van der Waals surface area contributed by atoms with E-state index in [1.807, 2.05) is 0 Å². The molecule has 0 N–H and O–H groups in total. The van der Waals surface area contributed by atoms with E-state index in [0.717, 1.165) is 12.2 Å². The summed E-state index contributed by atoms with van der Waals surface area (Å²) in [5, 5.41) is 0. The minimum absolute atomic E-state index is 0.983. The Labute approximate surface area is 91.9 Å². The SMILES string of the molecule is CCc1cc(OC)cc(N2CCCC2)c1. The van der Waals surface area contributed by atoms with Gasteiger partial charge in [-0.05, 0) is 37.0 Å². The fraction of sp³-hybridized carbons (Fsp3) is 0.538. The van der Waals surface area contributed by atoms with Gasteiger partial charge in [-0.25, -0.2) is 0 Å². The van der Waals surface area contributed by atoms with Crippen LogP contribution >= 0.6 is 0 Å². The zero-order valence-electron chi connectivity index (χ0n) is 9.62. The summed E-state index contributed by atoms with van der Waals surface area (Å²) in [4.78, 5) is 2.45. The Kier molecular flexibility index (Phi) is 3.14. The van der Waals surface area contributed by atoms with Crippen LogP contribution in [0.15, 0.2) is 18.2 Å². The fourth-order valence-corrected chi connectivity index (χ4v) is 2.12. The zero-order chi connectivity index (χ0) is 10.7. The lowest BCUT2D eigenvalue weighted by Gasteiger charge is -2.19. The molecule has 82 valence electrons. The van der Waals surface area contributed by atoms with Crippen LogP contribution in [0.3, 0.4) is 0 Å². The number of aryl methyl sites for hydroxylation is 1. The van der Waals surface area contributed by atoms with Gasteiger partial charge in [0.25, 0.3) is 0 Å². The van der Waals surface area contributed by atoms with E-state index < -0.39 is 0 Å². The lowest BCUT2D eigenvalue weighted by atomic mass is 10.1. The Hall–Kier alpha value is -1.18. The molecule has 0 aliphatic carbocycles. The average molecular weight is 205 g/mol. The van der Waals surface area contributed by atoms with Crippen LogP contribution in [-0.4, -0.2) is 20.2 Å². The molecule has 2 nitrogen and oxygen atoms in total. The molecule has 0 saturated carbocycles. The van der Waals surface area contributed by atoms with Crippen LogP contribution in [0.2, 0.25) is 0 Å². The molecule has 0 spiro atoms. The molecule has 0 unspecified atom stereocenters. The Bertz CT molecular complexity index is 307. The van der Waals surface area contributed by atoms with Crippen molar-refractivity contribution in [1.82, 2.24) is 0 Å². The molecule has 1 heterocycles. The highest BCUT2D eigenvalue weighted by Crippen LogP contribution is 2.26. The summed E-state index contributed by atoms with van der Waals surface area (Å²) >= 11 is 0. The maximum Gasteiger partial charge on any atom is 0.121 e. The minimum Gasteiger partial charge on any atom is -0.497 e. The van der Waals surface area contributed by atoms with Gasteiger partial charge in [-0.2, -0.15) is 0 Å². The second kappa shape index (κ2) is 4.56. The zero-order valence-corrected chi connectivity index (χ0v) is 9.62. The summed E-state index contributed by atoms with van der Waals surface area (Å²) in [5.74, 6) is 0.983. The van der Waals surface area contributed by atoms with Crippen LogP contribution in [0, 0.1) is 0 Å². The number of rotatable bonds is 3. The molecule has 1 aliphatic rings. The summed E-state index contributed by atoms with van der Waals surface area (Å²) in [6, 6.07) is 6.55. The highest BCUT2D eigenvalue weighted by molar-refractivity contribution is 5.54. The van der Waals surface area contributed by atoms with E-state index >= 15 is 0 Å². The van der Waals surface area contributed by atoms with Gasteiger partial charge in [0.2, 0.25) is 0 Å². The summed E-state index contributed by atoms with van der Waals surface area (Å²) in [7, 11) is 1.74. The molecule has 15 heavy (non-hydrogen) atoms. The molecular formula is C13H19NO. The summed E-state index contributed by atoms with van der Waals surface area (Å²) < 4.78 is 5.33. The van der Waals surface area contributed by atoms with Gasteiger partial charge >= 0.3 is 0 Å². The van der Waals surface area contributed by atoms with Gasteiger partial charge in [-0.3, -0.25) is 0 Å². The van der Waals surface area contributed by atoms with Crippen LogP contribution in [0.1, 0.15) is 25.3 Å². The highest BCUT2D eigenvalue weighted by Gasteiger charge is 2.13. The monoisotopic (exact) mass is 205 g/mol. The van der Waals surface area contributed by atoms with Crippen molar-refractivity contribution in [2.45, 2.75) is 26.2 Å². The van der Waals surface area contributed by atoms with E-state index in [4.69, 9.17) is 4.74 Å². The highest BCUT2D eigenvalue weighted by atomic mass is 16.5. The fourth-order valence-electron chi connectivity index (χ4n) is 2.12. The normalized spacial score (nSPS) is 15.7. The van der Waals surface area contributed by atoms with Crippen molar-refractivity contribution in [3.05, 3.63) is 23.8 Å². The second-order valence-corrected chi connectivity index (χ2v) is 4.09. The number of anilines is 1. The Morgan fingerprint density at radius 3 is 2.53 bits per heavy atom. The molecule has 0 atom stereocenters. The van der Waals surface area contributed by atoms with Crippen LogP contribution < -0.4 is 9.64 Å². The third kappa shape index (κ3) is 2.25. The largest absolute Gasteiger partial charge is 0.497 e. The Morgan fingerprint density at radius 1 is 1.20 bits per heavy atom. The first-order valence-electron chi connectivity index (χ1n) is 5.76. The predicted molar refractivity (Wildman–Crippen MR) is 63.8 cm³/mol. The third-order valence-electron chi connectivity index (χ3n) is 3.07. The first-order chi connectivity index (χ1) is 7.33.